The first-order chi connectivity index (χ1) is 15.7. The second kappa shape index (κ2) is 7.99. The van der Waals surface area contributed by atoms with Crippen molar-refractivity contribution in [3.63, 3.8) is 0 Å². The van der Waals surface area contributed by atoms with Crippen LogP contribution in [-0.2, 0) is 0 Å². The van der Waals surface area contributed by atoms with Crippen molar-refractivity contribution in [1.29, 1.82) is 0 Å². The number of para-hydroxylation sites is 2. The fourth-order valence-corrected chi connectivity index (χ4v) is 3.57. The highest BCUT2D eigenvalue weighted by Gasteiger charge is 2.23. The molecule has 8 heteroatoms. The van der Waals surface area contributed by atoms with Crippen molar-refractivity contribution >= 4 is 16.9 Å². The standard InChI is InChI=1S/C24H19N5O3/c1-31-21-13-12-16(14-22(21)32-2)23-18(15-28(26-23)17-8-4-3-5-9-17)24(30)29-20-11-7-6-10-19(20)25-27-29/h3-15H,1-2H3. The lowest BCUT2D eigenvalue weighted by Crippen LogP contribution is -2.14. The molecule has 0 aliphatic heterocycles. The van der Waals surface area contributed by atoms with Crippen LogP contribution < -0.4 is 9.47 Å². The number of fused-ring (bicyclic) bond motifs is 1. The number of aromatic nitrogens is 5. The summed E-state index contributed by atoms with van der Waals surface area (Å²) in [5, 5.41) is 12.9. The van der Waals surface area contributed by atoms with Gasteiger partial charge in [-0.3, -0.25) is 4.79 Å². The van der Waals surface area contributed by atoms with Crippen LogP contribution in [0.15, 0.2) is 79.0 Å². The van der Waals surface area contributed by atoms with Gasteiger partial charge in [0.25, 0.3) is 5.91 Å². The van der Waals surface area contributed by atoms with Gasteiger partial charge < -0.3 is 9.47 Å². The van der Waals surface area contributed by atoms with E-state index >= 15 is 0 Å². The molecule has 0 spiro atoms. The van der Waals surface area contributed by atoms with E-state index in [9.17, 15) is 4.79 Å². The van der Waals surface area contributed by atoms with Crippen LogP contribution in [0.3, 0.4) is 0 Å². The van der Waals surface area contributed by atoms with Crippen LogP contribution >= 0.6 is 0 Å². The number of nitrogens with zero attached hydrogens (tertiary/aromatic N) is 5. The third-order valence-electron chi connectivity index (χ3n) is 5.17. The maximum Gasteiger partial charge on any atom is 0.284 e. The predicted molar refractivity (Wildman–Crippen MR) is 119 cm³/mol. The van der Waals surface area contributed by atoms with Gasteiger partial charge >= 0.3 is 0 Å². The molecule has 0 N–H and O–H groups in total. The molecule has 2 aromatic heterocycles. The molecule has 0 fully saturated rings. The summed E-state index contributed by atoms with van der Waals surface area (Å²) in [5.74, 6) is 0.809. The Bertz CT molecular complexity index is 1420. The van der Waals surface area contributed by atoms with Crippen LogP contribution in [0.4, 0.5) is 0 Å². The first-order valence-electron chi connectivity index (χ1n) is 9.92. The molecule has 0 aliphatic rings. The maximum atomic E-state index is 13.6. The zero-order valence-electron chi connectivity index (χ0n) is 17.5. The molecule has 0 saturated heterocycles. The van der Waals surface area contributed by atoms with E-state index in [0.29, 0.717) is 39.4 Å². The topological polar surface area (TPSA) is 84.1 Å². The molecule has 3 aromatic carbocycles. The molecule has 5 aromatic rings. The summed E-state index contributed by atoms with van der Waals surface area (Å²) in [6, 6.07) is 22.4. The van der Waals surface area contributed by atoms with Crippen LogP contribution in [0.2, 0.25) is 0 Å². The fourth-order valence-electron chi connectivity index (χ4n) is 3.57. The van der Waals surface area contributed by atoms with Gasteiger partial charge in [0.2, 0.25) is 0 Å². The van der Waals surface area contributed by atoms with Crippen LogP contribution in [0.5, 0.6) is 11.5 Å². The van der Waals surface area contributed by atoms with Gasteiger partial charge in [-0.25, -0.2) is 4.68 Å². The van der Waals surface area contributed by atoms with Crippen LogP contribution in [0.1, 0.15) is 10.4 Å². The van der Waals surface area contributed by atoms with Crippen molar-refractivity contribution in [2.24, 2.45) is 0 Å². The highest BCUT2D eigenvalue weighted by Crippen LogP contribution is 2.33. The molecule has 32 heavy (non-hydrogen) atoms. The zero-order chi connectivity index (χ0) is 22.1. The molecule has 0 bridgehead atoms. The average molecular weight is 425 g/mol. The van der Waals surface area contributed by atoms with E-state index in [1.165, 1.54) is 4.68 Å². The number of hydrogen-bond acceptors (Lipinski definition) is 6. The third-order valence-corrected chi connectivity index (χ3v) is 5.17. The van der Waals surface area contributed by atoms with Crippen LogP contribution in [0.25, 0.3) is 28.0 Å². The Morgan fingerprint density at radius 3 is 2.41 bits per heavy atom. The van der Waals surface area contributed by atoms with Crippen LogP contribution in [0, 0.1) is 0 Å². The third kappa shape index (κ3) is 3.27. The normalized spacial score (nSPS) is 10.9. The molecule has 158 valence electrons. The second-order valence-electron chi connectivity index (χ2n) is 7.04. The van der Waals surface area contributed by atoms with Gasteiger partial charge in [-0.15, -0.1) is 5.10 Å². The Balaban J connectivity index is 1.69. The number of methoxy groups -OCH3 is 2. The minimum Gasteiger partial charge on any atom is -0.493 e. The number of hydrogen-bond donors (Lipinski definition) is 0. The molecule has 2 heterocycles. The molecule has 0 aliphatic carbocycles. The summed E-state index contributed by atoms with van der Waals surface area (Å²) in [6.45, 7) is 0. The fraction of sp³-hybridized carbons (Fsp3) is 0.0833. The van der Waals surface area contributed by atoms with E-state index in [-0.39, 0.29) is 5.91 Å². The average Bonchev–Trinajstić information content (AvgIpc) is 3.49. The van der Waals surface area contributed by atoms with E-state index in [4.69, 9.17) is 14.6 Å². The first-order valence-corrected chi connectivity index (χ1v) is 9.92. The molecule has 0 saturated carbocycles. The van der Waals surface area contributed by atoms with Gasteiger partial charge in [-0.2, -0.15) is 9.78 Å². The van der Waals surface area contributed by atoms with E-state index in [1.807, 2.05) is 60.7 Å². The van der Waals surface area contributed by atoms with E-state index in [1.54, 1.807) is 37.2 Å². The van der Waals surface area contributed by atoms with Crippen molar-refractivity contribution < 1.29 is 14.3 Å². The minimum atomic E-state index is -0.328. The SMILES string of the molecule is COc1ccc(-c2nn(-c3ccccc3)cc2C(=O)n2nnc3ccccc32)cc1OC. The molecular weight excluding hydrogens is 406 g/mol. The van der Waals surface area contributed by atoms with Crippen molar-refractivity contribution in [3.8, 4) is 28.4 Å². The number of benzene rings is 3. The van der Waals surface area contributed by atoms with E-state index < -0.39 is 0 Å². The summed E-state index contributed by atoms with van der Waals surface area (Å²) in [7, 11) is 3.14. The molecule has 5 rings (SSSR count). The van der Waals surface area contributed by atoms with Crippen molar-refractivity contribution in [2.45, 2.75) is 0 Å². The summed E-state index contributed by atoms with van der Waals surface area (Å²) >= 11 is 0. The predicted octanol–water partition coefficient (Wildman–Crippen LogP) is 3.99. The lowest BCUT2D eigenvalue weighted by Gasteiger charge is -2.09. The molecule has 8 nitrogen and oxygen atoms in total. The Morgan fingerprint density at radius 2 is 1.62 bits per heavy atom. The van der Waals surface area contributed by atoms with Gasteiger partial charge in [0.05, 0.1) is 31.0 Å². The number of rotatable bonds is 5. The summed E-state index contributed by atoms with van der Waals surface area (Å²) in [4.78, 5) is 13.6. The summed E-state index contributed by atoms with van der Waals surface area (Å²) < 4.78 is 13.8. The van der Waals surface area contributed by atoms with Crippen molar-refractivity contribution in [2.75, 3.05) is 14.2 Å². The van der Waals surface area contributed by atoms with Gasteiger partial charge in [0.1, 0.15) is 11.2 Å². The van der Waals surface area contributed by atoms with E-state index in [2.05, 4.69) is 10.3 Å². The Kier molecular flexibility index (Phi) is 4.87. The Morgan fingerprint density at radius 1 is 0.875 bits per heavy atom. The smallest absolute Gasteiger partial charge is 0.284 e. The van der Waals surface area contributed by atoms with Gasteiger partial charge in [0.15, 0.2) is 11.5 Å². The Hall–Kier alpha value is -4.46. The van der Waals surface area contributed by atoms with Gasteiger partial charge in [0, 0.05) is 11.8 Å². The first kappa shape index (κ1) is 19.5. The number of carbonyl (C=O) groups is 1. The zero-order valence-corrected chi connectivity index (χ0v) is 17.5. The highest BCUT2D eigenvalue weighted by molar-refractivity contribution is 6.04. The maximum absolute atomic E-state index is 13.6. The largest absolute Gasteiger partial charge is 0.493 e. The van der Waals surface area contributed by atoms with Crippen molar-refractivity contribution in [1.82, 2.24) is 24.8 Å². The number of ether oxygens (including phenoxy) is 2. The van der Waals surface area contributed by atoms with Gasteiger partial charge in [-0.05, 0) is 42.5 Å². The van der Waals surface area contributed by atoms with Gasteiger partial charge in [-0.1, -0.05) is 35.5 Å². The summed E-state index contributed by atoms with van der Waals surface area (Å²) in [6.07, 6.45) is 1.71. The lowest BCUT2D eigenvalue weighted by atomic mass is 10.1. The highest BCUT2D eigenvalue weighted by atomic mass is 16.5. The minimum absolute atomic E-state index is 0.328. The van der Waals surface area contributed by atoms with Crippen LogP contribution in [-0.4, -0.2) is 44.9 Å². The number of carbonyl (C=O) groups excluding carboxylic acids is 1. The lowest BCUT2D eigenvalue weighted by molar-refractivity contribution is 0.0948. The molecule has 0 amide bonds. The summed E-state index contributed by atoms with van der Waals surface area (Å²) in [5.41, 5.74) is 3.70. The molecule has 0 unspecified atom stereocenters. The molecule has 0 atom stereocenters. The van der Waals surface area contributed by atoms with Crippen molar-refractivity contribution in [3.05, 3.63) is 84.6 Å². The quantitative estimate of drug-likeness (QED) is 0.423. The monoisotopic (exact) mass is 425 g/mol. The Labute approximate surface area is 183 Å². The van der Waals surface area contributed by atoms with E-state index in [0.717, 1.165) is 5.69 Å². The molecular formula is C24H19N5O3. The second-order valence-corrected chi connectivity index (χ2v) is 7.04. The molecule has 0 radical (unpaired) electrons.